The average Bonchev–Trinajstić information content (AvgIpc) is 2.86. The summed E-state index contributed by atoms with van der Waals surface area (Å²) in [7, 11) is 0. The zero-order chi connectivity index (χ0) is 14.0. The minimum atomic E-state index is -0.525. The molecule has 0 saturated carbocycles. The standard InChI is InChI=1S/C12H14BrFN2O3/c1-7(8-2-3-19-6-8)15-11-5-10(14)9(13)4-12(11)16(17)18/h4-5,7-8,15H,2-3,6H2,1H3. The number of nitro benzene ring substituents is 1. The molecule has 2 rings (SSSR count). The number of ether oxygens (including phenoxy) is 1. The molecule has 104 valence electrons. The van der Waals surface area contributed by atoms with Gasteiger partial charge in [-0.05, 0) is 29.3 Å². The van der Waals surface area contributed by atoms with Crippen molar-refractivity contribution in [3.8, 4) is 0 Å². The number of halogens is 2. The van der Waals surface area contributed by atoms with E-state index < -0.39 is 10.7 Å². The van der Waals surface area contributed by atoms with Crippen LogP contribution in [0.5, 0.6) is 0 Å². The molecule has 0 spiro atoms. The first-order valence-electron chi connectivity index (χ1n) is 5.96. The normalized spacial score (nSPS) is 20.3. The van der Waals surface area contributed by atoms with Gasteiger partial charge in [-0.3, -0.25) is 10.1 Å². The number of rotatable bonds is 4. The van der Waals surface area contributed by atoms with E-state index in [-0.39, 0.29) is 27.8 Å². The molecule has 0 aromatic heterocycles. The van der Waals surface area contributed by atoms with Crippen molar-refractivity contribution in [1.82, 2.24) is 0 Å². The number of benzene rings is 1. The topological polar surface area (TPSA) is 64.4 Å². The van der Waals surface area contributed by atoms with Crippen LogP contribution in [-0.2, 0) is 4.74 Å². The summed E-state index contributed by atoms with van der Waals surface area (Å²) >= 11 is 2.95. The molecule has 1 fully saturated rings. The molecular formula is C12H14BrFN2O3. The molecule has 0 radical (unpaired) electrons. The average molecular weight is 333 g/mol. The van der Waals surface area contributed by atoms with Crippen LogP contribution in [0, 0.1) is 21.8 Å². The molecule has 2 atom stereocenters. The zero-order valence-corrected chi connectivity index (χ0v) is 11.9. The van der Waals surface area contributed by atoms with Crippen molar-refractivity contribution in [3.63, 3.8) is 0 Å². The quantitative estimate of drug-likeness (QED) is 0.678. The Hall–Kier alpha value is -1.21. The van der Waals surface area contributed by atoms with Crippen LogP contribution >= 0.6 is 15.9 Å². The number of hydrogen-bond acceptors (Lipinski definition) is 4. The van der Waals surface area contributed by atoms with E-state index in [1.54, 1.807) is 0 Å². The van der Waals surface area contributed by atoms with E-state index in [1.165, 1.54) is 6.07 Å². The van der Waals surface area contributed by atoms with Crippen LogP contribution in [0.2, 0.25) is 0 Å². The van der Waals surface area contributed by atoms with E-state index in [1.807, 2.05) is 6.92 Å². The van der Waals surface area contributed by atoms with Gasteiger partial charge in [0.15, 0.2) is 0 Å². The lowest BCUT2D eigenvalue weighted by Crippen LogP contribution is -2.26. The monoisotopic (exact) mass is 332 g/mol. The summed E-state index contributed by atoms with van der Waals surface area (Å²) < 4.78 is 18.9. The second-order valence-electron chi connectivity index (χ2n) is 4.60. The molecule has 1 aliphatic heterocycles. The van der Waals surface area contributed by atoms with Gasteiger partial charge in [0.2, 0.25) is 0 Å². The molecule has 7 heteroatoms. The van der Waals surface area contributed by atoms with E-state index in [9.17, 15) is 14.5 Å². The lowest BCUT2D eigenvalue weighted by Gasteiger charge is -2.20. The van der Waals surface area contributed by atoms with Crippen molar-refractivity contribution in [1.29, 1.82) is 0 Å². The minimum absolute atomic E-state index is 0.0122. The maximum absolute atomic E-state index is 13.5. The molecular weight excluding hydrogens is 319 g/mol. The van der Waals surface area contributed by atoms with Crippen LogP contribution < -0.4 is 5.32 Å². The Morgan fingerprint density at radius 3 is 2.95 bits per heavy atom. The van der Waals surface area contributed by atoms with Crippen LogP contribution in [0.4, 0.5) is 15.8 Å². The summed E-state index contributed by atoms with van der Waals surface area (Å²) in [5, 5.41) is 14.0. The Labute approximate surface area is 118 Å². The Balaban J connectivity index is 2.22. The van der Waals surface area contributed by atoms with Crippen LogP contribution in [0.25, 0.3) is 0 Å². The molecule has 0 aliphatic carbocycles. The third-order valence-corrected chi connectivity index (χ3v) is 3.90. The van der Waals surface area contributed by atoms with Crippen LogP contribution in [-0.4, -0.2) is 24.2 Å². The van der Waals surface area contributed by atoms with Crippen LogP contribution in [0.1, 0.15) is 13.3 Å². The maximum Gasteiger partial charge on any atom is 0.293 e. The molecule has 0 bridgehead atoms. The minimum Gasteiger partial charge on any atom is -0.381 e. The second kappa shape index (κ2) is 5.83. The first-order valence-corrected chi connectivity index (χ1v) is 6.76. The molecule has 19 heavy (non-hydrogen) atoms. The Kier molecular flexibility index (Phi) is 4.36. The first kappa shape index (κ1) is 14.2. The third kappa shape index (κ3) is 3.22. The zero-order valence-electron chi connectivity index (χ0n) is 10.4. The number of nitrogens with one attached hydrogen (secondary N) is 1. The fourth-order valence-corrected chi connectivity index (χ4v) is 2.44. The van der Waals surface area contributed by atoms with Gasteiger partial charge in [0.05, 0.1) is 16.0 Å². The summed E-state index contributed by atoms with van der Waals surface area (Å²) in [6.07, 6.45) is 0.904. The van der Waals surface area contributed by atoms with E-state index >= 15 is 0 Å². The fraction of sp³-hybridized carbons (Fsp3) is 0.500. The predicted octanol–water partition coefficient (Wildman–Crippen LogP) is 3.33. The van der Waals surface area contributed by atoms with Crippen LogP contribution in [0.15, 0.2) is 16.6 Å². The summed E-state index contributed by atoms with van der Waals surface area (Å²) in [5.74, 6) is -0.241. The molecule has 2 unspecified atom stereocenters. The Bertz CT molecular complexity index is 492. The van der Waals surface area contributed by atoms with Gasteiger partial charge in [-0.25, -0.2) is 4.39 Å². The van der Waals surface area contributed by atoms with Gasteiger partial charge < -0.3 is 10.1 Å². The molecule has 1 saturated heterocycles. The third-order valence-electron chi connectivity index (χ3n) is 3.29. The molecule has 0 amide bonds. The summed E-state index contributed by atoms with van der Waals surface area (Å²) in [6.45, 7) is 3.25. The number of hydrogen-bond donors (Lipinski definition) is 1. The van der Waals surface area contributed by atoms with Gasteiger partial charge in [-0.1, -0.05) is 0 Å². The predicted molar refractivity (Wildman–Crippen MR) is 72.8 cm³/mol. The van der Waals surface area contributed by atoms with Crippen molar-refractivity contribution in [3.05, 3.63) is 32.5 Å². The molecule has 1 aromatic rings. The molecule has 1 N–H and O–H groups in total. The second-order valence-corrected chi connectivity index (χ2v) is 5.45. The van der Waals surface area contributed by atoms with Gasteiger partial charge in [0.25, 0.3) is 5.69 Å². The molecule has 1 heterocycles. The van der Waals surface area contributed by atoms with E-state index in [4.69, 9.17) is 4.74 Å². The molecule has 1 aromatic carbocycles. The van der Waals surface area contributed by atoms with Gasteiger partial charge in [-0.2, -0.15) is 0 Å². The summed E-state index contributed by atoms with van der Waals surface area (Å²) in [5.41, 5.74) is 0.0594. The highest BCUT2D eigenvalue weighted by molar-refractivity contribution is 9.10. The van der Waals surface area contributed by atoms with Crippen molar-refractivity contribution >= 4 is 27.3 Å². The first-order chi connectivity index (χ1) is 8.99. The van der Waals surface area contributed by atoms with Crippen molar-refractivity contribution < 1.29 is 14.1 Å². The van der Waals surface area contributed by atoms with E-state index in [0.717, 1.165) is 12.5 Å². The van der Waals surface area contributed by atoms with Crippen molar-refractivity contribution in [2.24, 2.45) is 5.92 Å². The summed E-state index contributed by atoms with van der Waals surface area (Å²) in [6, 6.07) is 2.31. The lowest BCUT2D eigenvalue weighted by molar-refractivity contribution is -0.384. The number of anilines is 1. The number of nitrogens with zero attached hydrogens (tertiary/aromatic N) is 1. The lowest BCUT2D eigenvalue weighted by atomic mass is 10.0. The van der Waals surface area contributed by atoms with Crippen molar-refractivity contribution in [2.45, 2.75) is 19.4 Å². The smallest absolute Gasteiger partial charge is 0.293 e. The Morgan fingerprint density at radius 1 is 1.63 bits per heavy atom. The highest BCUT2D eigenvalue weighted by Crippen LogP contribution is 2.32. The molecule has 1 aliphatic rings. The summed E-state index contributed by atoms with van der Waals surface area (Å²) in [4.78, 5) is 10.5. The van der Waals surface area contributed by atoms with Gasteiger partial charge >= 0.3 is 0 Å². The van der Waals surface area contributed by atoms with Gasteiger partial charge in [0, 0.05) is 30.7 Å². The fourth-order valence-electron chi connectivity index (χ4n) is 2.11. The largest absolute Gasteiger partial charge is 0.381 e. The van der Waals surface area contributed by atoms with Crippen LogP contribution in [0.3, 0.4) is 0 Å². The van der Waals surface area contributed by atoms with E-state index in [2.05, 4.69) is 21.2 Å². The van der Waals surface area contributed by atoms with Gasteiger partial charge in [-0.15, -0.1) is 0 Å². The van der Waals surface area contributed by atoms with Gasteiger partial charge in [0.1, 0.15) is 11.5 Å². The van der Waals surface area contributed by atoms with E-state index in [0.29, 0.717) is 13.2 Å². The highest BCUT2D eigenvalue weighted by atomic mass is 79.9. The SMILES string of the molecule is CC(Nc1cc(F)c(Br)cc1[N+](=O)[O-])C1CCOC1. The molecule has 5 nitrogen and oxygen atoms in total. The maximum atomic E-state index is 13.5. The number of nitro groups is 1. The highest BCUT2D eigenvalue weighted by Gasteiger charge is 2.25. The Morgan fingerprint density at radius 2 is 2.37 bits per heavy atom. The van der Waals surface area contributed by atoms with Crippen molar-refractivity contribution in [2.75, 3.05) is 18.5 Å².